The van der Waals surface area contributed by atoms with Gasteiger partial charge in [-0.25, -0.2) is 9.37 Å². The van der Waals surface area contributed by atoms with Crippen molar-refractivity contribution < 1.29 is 14.3 Å². The van der Waals surface area contributed by atoms with Crippen molar-refractivity contribution in [3.63, 3.8) is 0 Å². The van der Waals surface area contributed by atoms with E-state index < -0.39 is 5.82 Å². The van der Waals surface area contributed by atoms with E-state index in [1.54, 1.807) is 49.0 Å². The molecule has 1 aromatic carbocycles. The van der Waals surface area contributed by atoms with Gasteiger partial charge in [-0.3, -0.25) is 4.79 Å². The molecule has 1 amide bonds. The van der Waals surface area contributed by atoms with Gasteiger partial charge in [-0.1, -0.05) is 31.8 Å². The zero-order valence-corrected chi connectivity index (χ0v) is 17.0. The van der Waals surface area contributed by atoms with Crippen molar-refractivity contribution >= 4 is 28.4 Å². The molecule has 0 spiro atoms. The fourth-order valence-electron chi connectivity index (χ4n) is 2.82. The third kappa shape index (κ3) is 4.92. The average molecular weight is 396 g/mol. The number of carbonyl (C=O) groups excluding carboxylic acids is 1. The van der Waals surface area contributed by atoms with Crippen LogP contribution in [0.15, 0.2) is 36.5 Å². The van der Waals surface area contributed by atoms with Crippen LogP contribution < -0.4 is 10.6 Å². The molecular formula is C22H25FN4O2. The summed E-state index contributed by atoms with van der Waals surface area (Å²) in [5.41, 5.74) is 2.02. The highest BCUT2D eigenvalue weighted by atomic mass is 19.1. The molecule has 3 rings (SSSR count). The molecule has 0 atom stereocenters. The van der Waals surface area contributed by atoms with Crippen LogP contribution in [-0.2, 0) is 7.05 Å². The largest absolute Gasteiger partial charge is 0.384 e. The van der Waals surface area contributed by atoms with Crippen molar-refractivity contribution in [1.82, 2.24) is 14.9 Å². The second-order valence-corrected chi connectivity index (χ2v) is 5.96. The number of benzene rings is 1. The summed E-state index contributed by atoms with van der Waals surface area (Å²) in [4.78, 5) is 17.1. The number of carbonyl (C=O) groups is 1. The molecule has 2 aromatic heterocycles. The number of aliphatic hydroxyl groups is 1. The van der Waals surface area contributed by atoms with Gasteiger partial charge in [-0.05, 0) is 36.8 Å². The molecular weight excluding hydrogens is 371 g/mol. The first-order chi connectivity index (χ1) is 14.0. The summed E-state index contributed by atoms with van der Waals surface area (Å²) in [6, 6.07) is 8.36. The van der Waals surface area contributed by atoms with Crippen LogP contribution in [0.3, 0.4) is 0 Å². The van der Waals surface area contributed by atoms with Crippen LogP contribution in [0.25, 0.3) is 11.0 Å². The number of nitrogens with zero attached hydrogens (tertiary/aromatic N) is 2. The number of amides is 1. The van der Waals surface area contributed by atoms with Gasteiger partial charge in [0.2, 0.25) is 0 Å². The predicted octanol–water partition coefficient (Wildman–Crippen LogP) is 3.52. The van der Waals surface area contributed by atoms with Crippen LogP contribution in [0.2, 0.25) is 0 Å². The summed E-state index contributed by atoms with van der Waals surface area (Å²) in [6.07, 6.45) is 1.63. The molecule has 6 nitrogen and oxygen atoms in total. The normalized spacial score (nSPS) is 9.86. The Morgan fingerprint density at radius 1 is 1.28 bits per heavy atom. The van der Waals surface area contributed by atoms with E-state index >= 15 is 0 Å². The van der Waals surface area contributed by atoms with Crippen molar-refractivity contribution in [3.05, 3.63) is 53.5 Å². The van der Waals surface area contributed by atoms with Gasteiger partial charge in [0.15, 0.2) is 0 Å². The van der Waals surface area contributed by atoms with E-state index in [1.807, 2.05) is 13.8 Å². The number of nitrogens with one attached hydrogen (secondary N) is 2. The summed E-state index contributed by atoms with van der Waals surface area (Å²) in [6.45, 7) is 5.63. The standard InChI is InChI=1S/C20H19FN4O2.C2H6/c1-13-7-8-16(15(21)12-13)24-19-17(20(27)23-9-3-4-11-26)14-6-5-10-22-18(14)25(19)2;1-2/h5-8,10,12,24,26H,9,11H2,1-2H3,(H,23,27);1-2H3. The van der Waals surface area contributed by atoms with Crippen molar-refractivity contribution in [1.29, 1.82) is 0 Å². The lowest BCUT2D eigenvalue weighted by atomic mass is 10.1. The van der Waals surface area contributed by atoms with Gasteiger partial charge in [0.1, 0.15) is 23.9 Å². The van der Waals surface area contributed by atoms with Crippen molar-refractivity contribution in [3.8, 4) is 11.8 Å². The van der Waals surface area contributed by atoms with E-state index in [1.165, 1.54) is 6.07 Å². The van der Waals surface area contributed by atoms with E-state index in [4.69, 9.17) is 5.11 Å². The number of halogens is 1. The maximum absolute atomic E-state index is 14.3. The number of hydrogen-bond acceptors (Lipinski definition) is 4. The minimum Gasteiger partial charge on any atom is -0.384 e. The number of fused-ring (bicyclic) bond motifs is 1. The van der Waals surface area contributed by atoms with Gasteiger partial charge in [-0.2, -0.15) is 0 Å². The Bertz CT molecular complexity index is 1060. The topological polar surface area (TPSA) is 79.2 Å². The van der Waals surface area contributed by atoms with Crippen molar-refractivity contribution in [2.75, 3.05) is 18.5 Å². The second kappa shape index (κ2) is 10.2. The van der Waals surface area contributed by atoms with Gasteiger partial charge in [-0.15, -0.1) is 0 Å². The Morgan fingerprint density at radius 2 is 2.03 bits per heavy atom. The van der Waals surface area contributed by atoms with Crippen LogP contribution >= 0.6 is 0 Å². The number of hydrogen-bond donors (Lipinski definition) is 3. The minimum atomic E-state index is -0.409. The first-order valence-electron chi connectivity index (χ1n) is 9.34. The van der Waals surface area contributed by atoms with E-state index in [9.17, 15) is 9.18 Å². The van der Waals surface area contributed by atoms with Crippen LogP contribution in [0, 0.1) is 24.6 Å². The summed E-state index contributed by atoms with van der Waals surface area (Å²) in [7, 11) is 1.76. The van der Waals surface area contributed by atoms with E-state index in [0.717, 1.165) is 5.56 Å². The smallest absolute Gasteiger partial charge is 0.256 e. The number of aryl methyl sites for hydroxylation is 2. The Kier molecular flexibility index (Phi) is 7.75. The molecule has 0 saturated heterocycles. The third-order valence-electron chi connectivity index (χ3n) is 4.09. The van der Waals surface area contributed by atoms with Gasteiger partial charge >= 0.3 is 0 Å². The van der Waals surface area contributed by atoms with Gasteiger partial charge < -0.3 is 20.3 Å². The molecule has 0 aliphatic carbocycles. The number of anilines is 2. The molecule has 0 fully saturated rings. The Morgan fingerprint density at radius 3 is 2.72 bits per heavy atom. The first kappa shape index (κ1) is 21.9. The zero-order valence-electron chi connectivity index (χ0n) is 17.0. The van der Waals surface area contributed by atoms with Crippen molar-refractivity contribution in [2.24, 2.45) is 7.05 Å². The highest BCUT2D eigenvalue weighted by molar-refractivity contribution is 6.11. The molecule has 3 N–H and O–H groups in total. The van der Waals surface area contributed by atoms with Crippen LogP contribution in [0.1, 0.15) is 29.8 Å². The zero-order chi connectivity index (χ0) is 21.4. The summed E-state index contributed by atoms with van der Waals surface area (Å²) in [5, 5.41) is 15.1. The van der Waals surface area contributed by atoms with Crippen LogP contribution in [0.4, 0.5) is 15.9 Å². The Balaban J connectivity index is 0.00000145. The molecule has 7 heteroatoms. The lowest BCUT2D eigenvalue weighted by Crippen LogP contribution is -2.24. The summed E-state index contributed by atoms with van der Waals surface area (Å²) in [5.74, 6) is 4.77. The molecule has 29 heavy (non-hydrogen) atoms. The molecule has 3 aromatic rings. The molecule has 0 bridgehead atoms. The predicted molar refractivity (Wildman–Crippen MR) is 114 cm³/mol. The summed E-state index contributed by atoms with van der Waals surface area (Å²) >= 11 is 0. The molecule has 0 unspecified atom stereocenters. The summed E-state index contributed by atoms with van der Waals surface area (Å²) < 4.78 is 16.0. The van der Waals surface area contributed by atoms with Gasteiger partial charge in [0.25, 0.3) is 5.91 Å². The van der Waals surface area contributed by atoms with Crippen LogP contribution in [-0.4, -0.2) is 33.7 Å². The van der Waals surface area contributed by atoms with E-state index in [-0.39, 0.29) is 24.7 Å². The fourth-order valence-corrected chi connectivity index (χ4v) is 2.82. The molecule has 2 heterocycles. The van der Waals surface area contributed by atoms with Crippen molar-refractivity contribution in [2.45, 2.75) is 20.8 Å². The number of pyridine rings is 1. The third-order valence-corrected chi connectivity index (χ3v) is 4.09. The second-order valence-electron chi connectivity index (χ2n) is 5.96. The first-order valence-corrected chi connectivity index (χ1v) is 9.34. The van der Waals surface area contributed by atoms with Gasteiger partial charge in [0, 0.05) is 18.6 Å². The highest BCUT2D eigenvalue weighted by Gasteiger charge is 2.22. The minimum absolute atomic E-state index is 0.0916. The van der Waals surface area contributed by atoms with Gasteiger partial charge in [0.05, 0.1) is 17.8 Å². The number of aliphatic hydroxyl groups excluding tert-OH is 1. The van der Waals surface area contributed by atoms with E-state index in [2.05, 4.69) is 27.5 Å². The van der Waals surface area contributed by atoms with E-state index in [0.29, 0.717) is 22.4 Å². The maximum atomic E-state index is 14.3. The quantitative estimate of drug-likeness (QED) is 0.590. The Labute approximate surface area is 169 Å². The molecule has 0 aliphatic rings. The SMILES string of the molecule is CC.Cc1ccc(Nc2c(C(=O)NCC#CCO)c3cccnc3n2C)c(F)c1. The molecule has 152 valence electrons. The maximum Gasteiger partial charge on any atom is 0.256 e. The molecule has 0 aliphatic heterocycles. The molecule has 0 radical (unpaired) electrons. The lowest BCUT2D eigenvalue weighted by molar-refractivity contribution is 0.0961. The highest BCUT2D eigenvalue weighted by Crippen LogP contribution is 2.31. The average Bonchev–Trinajstić information content (AvgIpc) is 3.01. The monoisotopic (exact) mass is 396 g/mol. The number of aromatic nitrogens is 2. The fraction of sp³-hybridized carbons (Fsp3) is 0.273. The number of rotatable bonds is 4. The molecule has 0 saturated carbocycles. The lowest BCUT2D eigenvalue weighted by Gasteiger charge is -2.12. The van der Waals surface area contributed by atoms with Crippen LogP contribution in [0.5, 0.6) is 0 Å². The Hall–Kier alpha value is -3.37.